The minimum Gasteiger partial charge on any atom is -0.467 e. The number of rotatable bonds is 2. The van der Waals surface area contributed by atoms with E-state index in [9.17, 15) is 19.2 Å². The maximum Gasteiger partial charge on any atom is 0.328 e. The third-order valence-electron chi connectivity index (χ3n) is 4.10. The van der Waals surface area contributed by atoms with E-state index in [0.717, 1.165) is 0 Å². The number of carbonyl (C=O) groups is 4. The molecule has 0 spiro atoms. The van der Waals surface area contributed by atoms with Crippen LogP contribution in [0.25, 0.3) is 0 Å². The van der Waals surface area contributed by atoms with E-state index < -0.39 is 6.04 Å². The van der Waals surface area contributed by atoms with Crippen molar-refractivity contribution in [1.29, 1.82) is 0 Å². The predicted molar refractivity (Wildman–Crippen MR) is 81.7 cm³/mol. The van der Waals surface area contributed by atoms with Gasteiger partial charge in [-0.05, 0) is 12.8 Å². The summed E-state index contributed by atoms with van der Waals surface area (Å²) in [5, 5.41) is 5.17. The number of morpholine rings is 1. The van der Waals surface area contributed by atoms with E-state index in [1.807, 2.05) is 0 Å². The molecule has 3 amide bonds. The molecule has 0 aromatic rings. The van der Waals surface area contributed by atoms with Crippen LogP contribution >= 0.6 is 0 Å². The fraction of sp³-hybridized carbons (Fsp3) is 0.733. The molecule has 0 unspecified atom stereocenters. The molecule has 24 heavy (non-hydrogen) atoms. The molecule has 2 N–H and O–H groups in total. The molecule has 3 aliphatic heterocycles. The molecule has 3 heterocycles. The Morgan fingerprint density at radius 2 is 1.58 bits per heavy atom. The second-order valence-corrected chi connectivity index (χ2v) is 5.78. The molecule has 0 radical (unpaired) electrons. The van der Waals surface area contributed by atoms with Gasteiger partial charge in [0.1, 0.15) is 12.1 Å². The van der Waals surface area contributed by atoms with E-state index in [1.54, 1.807) is 4.90 Å². The van der Waals surface area contributed by atoms with Crippen LogP contribution in [0.4, 0.5) is 0 Å². The van der Waals surface area contributed by atoms with Gasteiger partial charge < -0.3 is 25.0 Å². The Balaban J connectivity index is 0.000000185. The maximum absolute atomic E-state index is 11.8. The molecule has 3 rings (SSSR count). The minimum absolute atomic E-state index is 0.0170. The average Bonchev–Trinajstić information content (AvgIpc) is 3.23. The molecule has 134 valence electrons. The largest absolute Gasteiger partial charge is 0.467 e. The van der Waals surface area contributed by atoms with Crippen molar-refractivity contribution >= 4 is 23.7 Å². The van der Waals surface area contributed by atoms with Gasteiger partial charge in [0.05, 0.1) is 20.3 Å². The number of ether oxygens (including phenoxy) is 2. The van der Waals surface area contributed by atoms with Crippen LogP contribution in [0, 0.1) is 0 Å². The molecule has 2 atom stereocenters. The van der Waals surface area contributed by atoms with Crippen LogP contribution in [-0.2, 0) is 28.7 Å². The van der Waals surface area contributed by atoms with Crippen molar-refractivity contribution in [2.24, 2.45) is 0 Å². The number of nitrogens with zero attached hydrogens (tertiary/aromatic N) is 1. The van der Waals surface area contributed by atoms with Gasteiger partial charge in [-0.25, -0.2) is 4.79 Å². The molecular formula is C15H23N3O6. The molecule has 0 saturated carbocycles. The van der Waals surface area contributed by atoms with Crippen molar-refractivity contribution in [1.82, 2.24) is 15.5 Å². The number of amides is 3. The van der Waals surface area contributed by atoms with Crippen LogP contribution in [0.3, 0.4) is 0 Å². The summed E-state index contributed by atoms with van der Waals surface area (Å²) >= 11 is 0. The standard InChI is InChI=1S/C9H14N2O3.C6H9NO3/c12-8-2-1-7(10-8)9(13)11-3-5-14-6-4-11;1-10-6(9)4-2-3-5(8)7-4/h7H,1-6H2,(H,10,12);4H,2-3H2,1H3,(H,7,8)/t7-;4-/m00/s1. The van der Waals surface area contributed by atoms with Crippen molar-refractivity contribution in [2.75, 3.05) is 33.4 Å². The smallest absolute Gasteiger partial charge is 0.328 e. The molecular weight excluding hydrogens is 318 g/mol. The second kappa shape index (κ2) is 8.62. The number of esters is 1. The molecule has 9 heteroatoms. The summed E-state index contributed by atoms with van der Waals surface area (Å²) < 4.78 is 9.58. The van der Waals surface area contributed by atoms with E-state index >= 15 is 0 Å². The van der Waals surface area contributed by atoms with Crippen molar-refractivity contribution in [2.45, 2.75) is 37.8 Å². The summed E-state index contributed by atoms with van der Waals surface area (Å²) in [6.07, 6.45) is 2.10. The van der Waals surface area contributed by atoms with E-state index in [1.165, 1.54) is 7.11 Å². The van der Waals surface area contributed by atoms with Gasteiger partial charge >= 0.3 is 5.97 Å². The van der Waals surface area contributed by atoms with E-state index in [2.05, 4.69) is 15.4 Å². The molecule has 0 aromatic carbocycles. The molecule has 3 saturated heterocycles. The zero-order valence-electron chi connectivity index (χ0n) is 13.7. The highest BCUT2D eigenvalue weighted by atomic mass is 16.5. The Morgan fingerprint density at radius 1 is 1.04 bits per heavy atom. The van der Waals surface area contributed by atoms with Gasteiger partial charge in [-0.15, -0.1) is 0 Å². The van der Waals surface area contributed by atoms with Gasteiger partial charge in [0.15, 0.2) is 0 Å². The van der Waals surface area contributed by atoms with Crippen molar-refractivity contribution in [3.8, 4) is 0 Å². The normalized spacial score (nSPS) is 26.1. The first-order chi connectivity index (χ1) is 11.5. The fourth-order valence-electron chi connectivity index (χ4n) is 2.74. The van der Waals surface area contributed by atoms with E-state index in [-0.39, 0.29) is 29.7 Å². The molecule has 0 aliphatic carbocycles. The molecule has 0 aromatic heterocycles. The lowest BCUT2D eigenvalue weighted by Gasteiger charge is -2.28. The highest BCUT2D eigenvalue weighted by Crippen LogP contribution is 2.11. The van der Waals surface area contributed by atoms with Gasteiger partial charge in [-0.1, -0.05) is 0 Å². The lowest BCUT2D eigenvalue weighted by molar-refractivity contribution is -0.143. The number of hydrogen-bond donors (Lipinski definition) is 2. The van der Waals surface area contributed by atoms with Crippen LogP contribution in [0.1, 0.15) is 25.7 Å². The van der Waals surface area contributed by atoms with Gasteiger partial charge in [0.25, 0.3) is 0 Å². The monoisotopic (exact) mass is 341 g/mol. The summed E-state index contributed by atoms with van der Waals surface area (Å²) in [7, 11) is 1.31. The molecule has 0 bridgehead atoms. The third kappa shape index (κ3) is 4.92. The van der Waals surface area contributed by atoms with Crippen molar-refractivity contribution in [3.63, 3.8) is 0 Å². The first-order valence-electron chi connectivity index (χ1n) is 8.04. The van der Waals surface area contributed by atoms with Crippen LogP contribution in [-0.4, -0.2) is 74.1 Å². The predicted octanol–water partition coefficient (Wildman–Crippen LogP) is -1.44. The van der Waals surface area contributed by atoms with Crippen LogP contribution in [0.5, 0.6) is 0 Å². The van der Waals surface area contributed by atoms with Gasteiger partial charge in [-0.2, -0.15) is 0 Å². The number of nitrogens with one attached hydrogen (secondary N) is 2. The van der Waals surface area contributed by atoms with E-state index in [4.69, 9.17) is 4.74 Å². The van der Waals surface area contributed by atoms with Gasteiger partial charge in [0, 0.05) is 25.9 Å². The highest BCUT2D eigenvalue weighted by molar-refractivity contribution is 5.90. The first-order valence-corrected chi connectivity index (χ1v) is 8.04. The first kappa shape index (κ1) is 18.2. The average molecular weight is 341 g/mol. The SMILES string of the molecule is COC(=O)[C@@H]1CCC(=O)N1.O=C1CC[C@@H](C(=O)N2CCOCC2)N1. The van der Waals surface area contributed by atoms with Gasteiger partial charge in [-0.3, -0.25) is 14.4 Å². The Bertz CT molecular complexity index is 503. The summed E-state index contributed by atoms with van der Waals surface area (Å²) in [6, 6.07) is -0.696. The summed E-state index contributed by atoms with van der Waals surface area (Å²) in [5.41, 5.74) is 0. The zero-order chi connectivity index (χ0) is 17.5. The van der Waals surface area contributed by atoms with E-state index in [0.29, 0.717) is 52.0 Å². The number of carbonyl (C=O) groups excluding carboxylic acids is 4. The quantitative estimate of drug-likeness (QED) is 0.595. The molecule has 3 aliphatic rings. The third-order valence-corrected chi connectivity index (χ3v) is 4.10. The van der Waals surface area contributed by atoms with Gasteiger partial charge in [0.2, 0.25) is 17.7 Å². The lowest BCUT2D eigenvalue weighted by Crippen LogP contribution is -2.48. The van der Waals surface area contributed by atoms with Crippen molar-refractivity contribution < 1.29 is 28.7 Å². The Kier molecular flexibility index (Phi) is 6.53. The topological polar surface area (TPSA) is 114 Å². The number of hydrogen-bond acceptors (Lipinski definition) is 6. The van der Waals surface area contributed by atoms with Crippen LogP contribution < -0.4 is 10.6 Å². The summed E-state index contributed by atoms with van der Waals surface area (Å²) in [6.45, 7) is 2.50. The Morgan fingerprint density at radius 3 is 2.04 bits per heavy atom. The molecule has 3 fully saturated rings. The maximum atomic E-state index is 11.8. The summed E-state index contributed by atoms with van der Waals surface area (Å²) in [4.78, 5) is 45.8. The second-order valence-electron chi connectivity index (χ2n) is 5.78. The van der Waals surface area contributed by atoms with Crippen LogP contribution in [0.2, 0.25) is 0 Å². The Hall–Kier alpha value is -2.16. The fourth-order valence-corrected chi connectivity index (χ4v) is 2.74. The van der Waals surface area contributed by atoms with Crippen molar-refractivity contribution in [3.05, 3.63) is 0 Å². The minimum atomic E-state index is -0.405. The lowest BCUT2D eigenvalue weighted by atomic mass is 10.2. The molecule has 9 nitrogen and oxygen atoms in total. The van der Waals surface area contributed by atoms with Crippen LogP contribution in [0.15, 0.2) is 0 Å². The zero-order valence-corrected chi connectivity index (χ0v) is 13.7. The highest BCUT2D eigenvalue weighted by Gasteiger charge is 2.31. The Labute approximate surface area is 140 Å². The number of methoxy groups -OCH3 is 1. The summed E-state index contributed by atoms with van der Waals surface area (Å²) in [5.74, 6) is -0.406.